The van der Waals surface area contributed by atoms with Crippen molar-refractivity contribution in [3.05, 3.63) is 35.4 Å². The van der Waals surface area contributed by atoms with Gasteiger partial charge in [0.25, 0.3) is 0 Å². The zero-order valence-corrected chi connectivity index (χ0v) is 11.7. The summed E-state index contributed by atoms with van der Waals surface area (Å²) >= 11 is 0. The van der Waals surface area contributed by atoms with Crippen molar-refractivity contribution in [2.75, 3.05) is 26.3 Å². The zero-order chi connectivity index (χ0) is 15.0. The first-order valence-electron chi connectivity index (χ1n) is 6.59. The average molecular weight is 286 g/mol. The average Bonchev–Trinajstić information content (AvgIpc) is 2.41. The summed E-state index contributed by atoms with van der Waals surface area (Å²) in [5.74, 6) is -1.45. The van der Waals surface area contributed by atoms with Crippen LogP contribution in [-0.4, -0.2) is 32.3 Å². The number of amides is 2. The largest absolute Gasteiger partial charge is 0.380 e. The molecule has 0 spiro atoms. The summed E-state index contributed by atoms with van der Waals surface area (Å²) < 4.78 is 31.4. The first-order chi connectivity index (χ1) is 9.54. The van der Waals surface area contributed by atoms with Crippen LogP contribution in [0.25, 0.3) is 0 Å². The van der Waals surface area contributed by atoms with Crippen LogP contribution >= 0.6 is 0 Å². The van der Waals surface area contributed by atoms with Crippen LogP contribution in [0.1, 0.15) is 25.3 Å². The fourth-order valence-corrected chi connectivity index (χ4v) is 1.70. The third-order valence-corrected chi connectivity index (χ3v) is 2.80. The summed E-state index contributed by atoms with van der Waals surface area (Å²) in [6, 6.07) is 3.11. The minimum Gasteiger partial charge on any atom is -0.380 e. The van der Waals surface area contributed by atoms with E-state index in [0.717, 1.165) is 6.07 Å². The van der Waals surface area contributed by atoms with E-state index in [2.05, 4.69) is 10.6 Å². The number of benzene rings is 1. The van der Waals surface area contributed by atoms with Crippen molar-refractivity contribution in [1.29, 1.82) is 0 Å². The summed E-state index contributed by atoms with van der Waals surface area (Å²) in [6.07, 6.45) is 0. The predicted molar refractivity (Wildman–Crippen MR) is 72.7 cm³/mol. The van der Waals surface area contributed by atoms with Gasteiger partial charge in [-0.1, -0.05) is 13.0 Å². The highest BCUT2D eigenvalue weighted by molar-refractivity contribution is 5.73. The smallest absolute Gasteiger partial charge is 0.314 e. The van der Waals surface area contributed by atoms with E-state index < -0.39 is 11.6 Å². The molecule has 1 atom stereocenters. The lowest BCUT2D eigenvalue weighted by Crippen LogP contribution is -2.39. The van der Waals surface area contributed by atoms with Gasteiger partial charge in [0.05, 0.1) is 6.61 Å². The second-order valence-corrected chi connectivity index (χ2v) is 4.40. The topological polar surface area (TPSA) is 50.4 Å². The van der Waals surface area contributed by atoms with E-state index in [0.29, 0.717) is 25.3 Å². The molecule has 0 saturated carbocycles. The highest BCUT2D eigenvalue weighted by Gasteiger charge is 2.12. The third kappa shape index (κ3) is 5.52. The number of halogens is 2. The lowest BCUT2D eigenvalue weighted by Gasteiger charge is -2.14. The van der Waals surface area contributed by atoms with Gasteiger partial charge in [0.2, 0.25) is 0 Å². The quantitative estimate of drug-likeness (QED) is 0.756. The van der Waals surface area contributed by atoms with Gasteiger partial charge in [-0.25, -0.2) is 13.6 Å². The Morgan fingerprint density at radius 2 is 2.10 bits per heavy atom. The van der Waals surface area contributed by atoms with Crippen molar-refractivity contribution in [1.82, 2.24) is 10.6 Å². The molecule has 2 N–H and O–H groups in total. The van der Waals surface area contributed by atoms with Crippen LogP contribution in [-0.2, 0) is 4.74 Å². The van der Waals surface area contributed by atoms with Crippen LogP contribution in [0.5, 0.6) is 0 Å². The molecule has 1 rings (SSSR count). The Balaban J connectivity index is 2.35. The van der Waals surface area contributed by atoms with Gasteiger partial charge in [0.15, 0.2) is 0 Å². The standard InChI is InChI=1S/C14H20F2N2O2/c1-3-20-7-6-17-14(19)18-9-10(2)12-5-4-11(15)8-13(12)16/h4-5,8,10H,3,6-7,9H2,1-2H3,(H2,17,18,19)/t10-/m1/s1. The first-order valence-corrected chi connectivity index (χ1v) is 6.59. The molecule has 1 aromatic rings. The molecular weight excluding hydrogens is 266 g/mol. The maximum Gasteiger partial charge on any atom is 0.314 e. The van der Waals surface area contributed by atoms with Gasteiger partial charge in [0.1, 0.15) is 11.6 Å². The Hall–Kier alpha value is -1.69. The highest BCUT2D eigenvalue weighted by atomic mass is 19.1. The molecule has 0 fully saturated rings. The normalized spacial score (nSPS) is 12.0. The second kappa shape index (κ2) is 8.47. The van der Waals surface area contributed by atoms with E-state index >= 15 is 0 Å². The van der Waals surface area contributed by atoms with E-state index in [1.165, 1.54) is 12.1 Å². The molecule has 6 heteroatoms. The molecule has 0 aliphatic heterocycles. The van der Waals surface area contributed by atoms with E-state index in [9.17, 15) is 13.6 Å². The lowest BCUT2D eigenvalue weighted by atomic mass is 10.0. The summed E-state index contributed by atoms with van der Waals surface area (Å²) in [5, 5.41) is 5.25. The molecule has 0 heterocycles. The highest BCUT2D eigenvalue weighted by Crippen LogP contribution is 2.18. The second-order valence-electron chi connectivity index (χ2n) is 4.40. The number of nitrogens with one attached hydrogen (secondary N) is 2. The SMILES string of the molecule is CCOCCNC(=O)NC[C@@H](C)c1ccc(F)cc1F. The van der Waals surface area contributed by atoms with E-state index in [1.54, 1.807) is 6.92 Å². The summed E-state index contributed by atoms with van der Waals surface area (Å²) in [5.41, 5.74) is 0.376. The van der Waals surface area contributed by atoms with Crippen molar-refractivity contribution >= 4 is 6.03 Å². The van der Waals surface area contributed by atoms with Crippen molar-refractivity contribution in [2.24, 2.45) is 0 Å². The molecule has 1 aromatic carbocycles. The molecule has 0 radical (unpaired) electrons. The number of urea groups is 1. The molecule has 112 valence electrons. The van der Waals surface area contributed by atoms with E-state index in [4.69, 9.17) is 4.74 Å². The molecule has 0 aliphatic carbocycles. The fraction of sp³-hybridized carbons (Fsp3) is 0.500. The number of hydrogen-bond acceptors (Lipinski definition) is 2. The summed E-state index contributed by atoms with van der Waals surface area (Å²) in [4.78, 5) is 11.4. The maximum absolute atomic E-state index is 13.5. The number of rotatable bonds is 7. The van der Waals surface area contributed by atoms with Crippen LogP contribution in [0.15, 0.2) is 18.2 Å². The molecule has 4 nitrogen and oxygen atoms in total. The summed E-state index contributed by atoms with van der Waals surface area (Å²) in [7, 11) is 0. The predicted octanol–water partition coefficient (Wildman–Crippen LogP) is 2.40. The fourth-order valence-electron chi connectivity index (χ4n) is 1.70. The van der Waals surface area contributed by atoms with Gasteiger partial charge < -0.3 is 15.4 Å². The van der Waals surface area contributed by atoms with Crippen LogP contribution in [0.2, 0.25) is 0 Å². The molecule has 20 heavy (non-hydrogen) atoms. The van der Waals surface area contributed by atoms with Gasteiger partial charge in [-0.3, -0.25) is 0 Å². The monoisotopic (exact) mass is 286 g/mol. The zero-order valence-electron chi connectivity index (χ0n) is 11.7. The molecule has 0 unspecified atom stereocenters. The van der Waals surface area contributed by atoms with Crippen molar-refractivity contribution in [3.8, 4) is 0 Å². The van der Waals surface area contributed by atoms with Crippen molar-refractivity contribution in [3.63, 3.8) is 0 Å². The Kier molecular flexibility index (Phi) is 6.93. The Morgan fingerprint density at radius 3 is 2.75 bits per heavy atom. The van der Waals surface area contributed by atoms with Gasteiger partial charge >= 0.3 is 6.03 Å². The maximum atomic E-state index is 13.5. The summed E-state index contributed by atoms with van der Waals surface area (Å²) in [6.45, 7) is 5.37. The Morgan fingerprint density at radius 1 is 1.35 bits per heavy atom. The van der Waals surface area contributed by atoms with Gasteiger partial charge in [-0.15, -0.1) is 0 Å². The van der Waals surface area contributed by atoms with Crippen LogP contribution in [0.4, 0.5) is 13.6 Å². The Labute approximate surface area is 117 Å². The van der Waals surface area contributed by atoms with Crippen LogP contribution in [0, 0.1) is 11.6 Å². The molecule has 0 saturated heterocycles. The van der Waals surface area contributed by atoms with Crippen molar-refractivity contribution in [2.45, 2.75) is 19.8 Å². The van der Waals surface area contributed by atoms with Gasteiger partial charge in [-0.05, 0) is 18.6 Å². The number of hydrogen-bond donors (Lipinski definition) is 2. The van der Waals surface area contributed by atoms with Crippen LogP contribution in [0.3, 0.4) is 0 Å². The molecular formula is C14H20F2N2O2. The van der Waals surface area contributed by atoms with Crippen molar-refractivity contribution < 1.29 is 18.3 Å². The lowest BCUT2D eigenvalue weighted by molar-refractivity contribution is 0.149. The van der Waals surface area contributed by atoms with E-state index in [-0.39, 0.29) is 18.5 Å². The molecule has 0 aliphatic rings. The number of carbonyl (C=O) groups excluding carboxylic acids is 1. The first kappa shape index (κ1) is 16.4. The third-order valence-electron chi connectivity index (χ3n) is 2.80. The molecule has 2 amide bonds. The van der Waals surface area contributed by atoms with Crippen LogP contribution < -0.4 is 10.6 Å². The number of ether oxygens (including phenoxy) is 1. The molecule has 0 bridgehead atoms. The van der Waals surface area contributed by atoms with E-state index in [1.807, 2.05) is 6.92 Å². The Bertz CT molecular complexity index is 441. The van der Waals surface area contributed by atoms with Gasteiger partial charge in [0, 0.05) is 31.7 Å². The number of carbonyl (C=O) groups is 1. The minimum atomic E-state index is -0.611. The minimum absolute atomic E-state index is 0.242. The van der Waals surface area contributed by atoms with Gasteiger partial charge in [-0.2, -0.15) is 0 Å². The molecule has 0 aromatic heterocycles.